The Morgan fingerprint density at radius 2 is 1.59 bits per heavy atom. The van der Waals surface area contributed by atoms with E-state index in [9.17, 15) is 9.18 Å². The minimum absolute atomic E-state index is 0.349. The van der Waals surface area contributed by atoms with Crippen molar-refractivity contribution >= 4 is 33.8 Å². The predicted molar refractivity (Wildman–Crippen MR) is 126 cm³/mol. The number of hydrazone groups is 1. The first-order chi connectivity index (χ1) is 15.7. The van der Waals surface area contributed by atoms with Gasteiger partial charge < -0.3 is 4.57 Å². The summed E-state index contributed by atoms with van der Waals surface area (Å²) in [5, 5.41) is 7.62. The van der Waals surface area contributed by atoms with Gasteiger partial charge in [0.2, 0.25) is 0 Å². The Morgan fingerprint density at radius 3 is 2.44 bits per heavy atom. The molecule has 5 aromatic rings. The maximum Gasteiger partial charge on any atom is 0.271 e. The SMILES string of the molecule is O=C(N/N=C\c1cn(Cc2cccc3ccccc23)c2ccccc12)c1ccc(F)cc1. The summed E-state index contributed by atoms with van der Waals surface area (Å²) in [7, 11) is 0. The van der Waals surface area contributed by atoms with Gasteiger partial charge >= 0.3 is 0 Å². The maximum absolute atomic E-state index is 13.1. The molecule has 0 unspecified atom stereocenters. The van der Waals surface area contributed by atoms with Crippen molar-refractivity contribution in [3.8, 4) is 0 Å². The number of carbonyl (C=O) groups excluding carboxylic acids is 1. The average Bonchev–Trinajstić information content (AvgIpc) is 3.17. The second-order valence-electron chi connectivity index (χ2n) is 7.57. The summed E-state index contributed by atoms with van der Waals surface area (Å²) in [6.45, 7) is 0.720. The number of nitrogens with zero attached hydrogens (tertiary/aromatic N) is 2. The number of halogens is 1. The quantitative estimate of drug-likeness (QED) is 0.285. The third kappa shape index (κ3) is 3.88. The molecule has 0 saturated heterocycles. The van der Waals surface area contributed by atoms with E-state index >= 15 is 0 Å². The van der Waals surface area contributed by atoms with E-state index in [1.165, 1.54) is 40.6 Å². The molecule has 0 aliphatic rings. The van der Waals surface area contributed by atoms with Gasteiger partial charge in [0.05, 0.1) is 6.21 Å². The molecule has 156 valence electrons. The third-order valence-corrected chi connectivity index (χ3v) is 5.52. The van der Waals surface area contributed by atoms with Crippen LogP contribution in [-0.2, 0) is 6.54 Å². The lowest BCUT2D eigenvalue weighted by molar-refractivity contribution is 0.0955. The minimum Gasteiger partial charge on any atom is -0.342 e. The molecule has 32 heavy (non-hydrogen) atoms. The summed E-state index contributed by atoms with van der Waals surface area (Å²) in [6, 6.07) is 28.2. The fourth-order valence-electron chi connectivity index (χ4n) is 3.95. The molecule has 0 saturated carbocycles. The number of aromatic nitrogens is 1. The van der Waals surface area contributed by atoms with E-state index in [0.717, 1.165) is 23.0 Å². The first-order valence-electron chi connectivity index (χ1n) is 10.3. The van der Waals surface area contributed by atoms with Gasteiger partial charge in [-0.1, -0.05) is 60.7 Å². The van der Waals surface area contributed by atoms with Crippen LogP contribution in [0.15, 0.2) is 102 Å². The molecule has 0 spiro atoms. The summed E-state index contributed by atoms with van der Waals surface area (Å²) < 4.78 is 15.2. The van der Waals surface area contributed by atoms with Gasteiger partial charge in [-0.15, -0.1) is 0 Å². The smallest absolute Gasteiger partial charge is 0.271 e. The van der Waals surface area contributed by atoms with Crippen LogP contribution in [0.25, 0.3) is 21.7 Å². The first-order valence-corrected chi connectivity index (χ1v) is 10.3. The fourth-order valence-corrected chi connectivity index (χ4v) is 3.95. The number of hydrogen-bond donors (Lipinski definition) is 1. The van der Waals surface area contributed by atoms with Gasteiger partial charge in [-0.2, -0.15) is 5.10 Å². The first kappa shape index (κ1) is 19.7. The molecule has 0 fully saturated rings. The van der Waals surface area contributed by atoms with E-state index in [2.05, 4.69) is 57.6 Å². The zero-order chi connectivity index (χ0) is 21.9. The van der Waals surface area contributed by atoms with Crippen LogP contribution in [0.2, 0.25) is 0 Å². The highest BCUT2D eigenvalue weighted by atomic mass is 19.1. The number of fused-ring (bicyclic) bond motifs is 2. The Morgan fingerprint density at radius 1 is 0.875 bits per heavy atom. The van der Waals surface area contributed by atoms with Crippen molar-refractivity contribution < 1.29 is 9.18 Å². The van der Waals surface area contributed by atoms with E-state index in [4.69, 9.17) is 0 Å². The second-order valence-corrected chi connectivity index (χ2v) is 7.57. The molecule has 1 amide bonds. The molecular weight excluding hydrogens is 401 g/mol. The normalized spacial score (nSPS) is 11.4. The lowest BCUT2D eigenvalue weighted by Gasteiger charge is -2.09. The molecule has 4 nitrogen and oxygen atoms in total. The van der Waals surface area contributed by atoms with Crippen LogP contribution in [-0.4, -0.2) is 16.7 Å². The molecule has 0 aliphatic carbocycles. The van der Waals surface area contributed by atoms with Gasteiger partial charge in [0.25, 0.3) is 5.91 Å². The van der Waals surface area contributed by atoms with Crippen LogP contribution in [0.1, 0.15) is 21.5 Å². The number of hydrogen-bond acceptors (Lipinski definition) is 2. The minimum atomic E-state index is -0.388. The third-order valence-electron chi connectivity index (χ3n) is 5.52. The highest BCUT2D eigenvalue weighted by molar-refractivity contribution is 6.00. The van der Waals surface area contributed by atoms with E-state index in [1.54, 1.807) is 6.21 Å². The largest absolute Gasteiger partial charge is 0.342 e. The Labute approximate surface area is 184 Å². The van der Waals surface area contributed by atoms with Gasteiger partial charge in [0, 0.05) is 34.8 Å². The van der Waals surface area contributed by atoms with E-state index in [-0.39, 0.29) is 11.7 Å². The van der Waals surface area contributed by atoms with Crippen molar-refractivity contribution in [1.82, 2.24) is 9.99 Å². The Hall–Kier alpha value is -4.25. The topological polar surface area (TPSA) is 46.4 Å². The molecule has 4 aromatic carbocycles. The van der Waals surface area contributed by atoms with Gasteiger partial charge in [0.15, 0.2) is 0 Å². The van der Waals surface area contributed by atoms with Crippen molar-refractivity contribution in [1.29, 1.82) is 0 Å². The molecule has 1 N–H and O–H groups in total. The number of amides is 1. The van der Waals surface area contributed by atoms with Crippen LogP contribution in [0.5, 0.6) is 0 Å². The maximum atomic E-state index is 13.1. The molecular formula is C27H20FN3O. The van der Waals surface area contributed by atoms with Crippen LogP contribution in [0, 0.1) is 5.82 Å². The van der Waals surface area contributed by atoms with Gasteiger partial charge in [-0.25, -0.2) is 9.82 Å². The fraction of sp³-hybridized carbons (Fsp3) is 0.0370. The molecule has 5 heteroatoms. The molecule has 0 bridgehead atoms. The van der Waals surface area contributed by atoms with Crippen LogP contribution in [0.3, 0.4) is 0 Å². The number of benzene rings is 4. The predicted octanol–water partition coefficient (Wildman–Crippen LogP) is 5.75. The Balaban J connectivity index is 1.43. The van der Waals surface area contributed by atoms with Crippen molar-refractivity contribution in [2.75, 3.05) is 0 Å². The zero-order valence-electron chi connectivity index (χ0n) is 17.2. The summed E-state index contributed by atoms with van der Waals surface area (Å²) in [5.74, 6) is -0.773. The van der Waals surface area contributed by atoms with Crippen LogP contribution in [0.4, 0.5) is 4.39 Å². The molecule has 5 rings (SSSR count). The molecule has 0 atom stereocenters. The van der Waals surface area contributed by atoms with Crippen LogP contribution < -0.4 is 5.43 Å². The van der Waals surface area contributed by atoms with Crippen molar-refractivity contribution in [2.45, 2.75) is 6.54 Å². The highest BCUT2D eigenvalue weighted by Crippen LogP contribution is 2.24. The molecule has 0 radical (unpaired) electrons. The van der Waals surface area contributed by atoms with Gasteiger partial charge in [0.1, 0.15) is 5.82 Å². The van der Waals surface area contributed by atoms with Crippen molar-refractivity contribution in [3.63, 3.8) is 0 Å². The number of para-hydroxylation sites is 1. The zero-order valence-corrected chi connectivity index (χ0v) is 17.2. The highest BCUT2D eigenvalue weighted by Gasteiger charge is 2.09. The average molecular weight is 421 g/mol. The number of nitrogens with one attached hydrogen (secondary N) is 1. The molecule has 1 aromatic heterocycles. The second kappa shape index (κ2) is 8.47. The van der Waals surface area contributed by atoms with Gasteiger partial charge in [-0.05, 0) is 46.7 Å². The lowest BCUT2D eigenvalue weighted by Crippen LogP contribution is -2.17. The monoisotopic (exact) mass is 421 g/mol. The number of rotatable bonds is 5. The van der Waals surface area contributed by atoms with E-state index < -0.39 is 0 Å². The summed E-state index contributed by atoms with van der Waals surface area (Å²) >= 11 is 0. The van der Waals surface area contributed by atoms with Gasteiger partial charge in [-0.3, -0.25) is 4.79 Å². The number of carbonyl (C=O) groups is 1. The van der Waals surface area contributed by atoms with E-state index in [0.29, 0.717) is 5.56 Å². The summed E-state index contributed by atoms with van der Waals surface area (Å²) in [6.07, 6.45) is 3.68. The summed E-state index contributed by atoms with van der Waals surface area (Å²) in [4.78, 5) is 12.2. The summed E-state index contributed by atoms with van der Waals surface area (Å²) in [5.41, 5.74) is 6.09. The standard InChI is InChI=1S/C27H20FN3O/c28-23-14-12-20(13-15-23)27(32)30-29-16-22-18-31(26-11-4-3-10-25(22)26)17-21-8-5-7-19-6-1-2-9-24(19)21/h1-16,18H,17H2,(H,30,32)/b29-16-. The van der Waals surface area contributed by atoms with E-state index in [1.807, 2.05) is 30.5 Å². The molecule has 1 heterocycles. The van der Waals surface area contributed by atoms with Crippen molar-refractivity contribution in [2.24, 2.45) is 5.10 Å². The van der Waals surface area contributed by atoms with Crippen molar-refractivity contribution in [3.05, 3.63) is 120 Å². The van der Waals surface area contributed by atoms with Crippen LogP contribution >= 0.6 is 0 Å². The Bertz CT molecular complexity index is 1450. The lowest BCUT2D eigenvalue weighted by atomic mass is 10.0. The molecule has 0 aliphatic heterocycles. The Kier molecular flexibility index (Phi) is 5.22.